The zero-order valence-electron chi connectivity index (χ0n) is 16.3. The van der Waals surface area contributed by atoms with Crippen LogP contribution in [-0.2, 0) is 24.2 Å². The van der Waals surface area contributed by atoms with Gasteiger partial charge in [0.25, 0.3) is 5.91 Å². The maximum atomic E-state index is 12.7. The molecule has 1 aliphatic rings. The monoisotopic (exact) mass is 390 g/mol. The van der Waals surface area contributed by atoms with Crippen LogP contribution in [-0.4, -0.2) is 46.3 Å². The minimum Gasteiger partial charge on any atom is -0.462 e. The Morgan fingerprint density at radius 2 is 2.07 bits per heavy atom. The summed E-state index contributed by atoms with van der Waals surface area (Å²) in [5, 5.41) is 7.79. The number of esters is 1. The molecule has 1 N–H and O–H groups in total. The number of anilines is 1. The number of rotatable bonds is 6. The van der Waals surface area contributed by atoms with E-state index >= 15 is 0 Å². The second-order valence-corrected chi connectivity index (χ2v) is 7.59. The van der Waals surface area contributed by atoms with Gasteiger partial charge in [-0.2, -0.15) is 5.10 Å². The molecule has 3 rings (SSSR count). The molecule has 0 unspecified atom stereocenters. The molecule has 0 aromatic carbocycles. The summed E-state index contributed by atoms with van der Waals surface area (Å²) in [5.74, 6) is -0.674. The van der Waals surface area contributed by atoms with Crippen molar-refractivity contribution in [1.82, 2.24) is 14.7 Å². The first-order valence-electron chi connectivity index (χ1n) is 9.38. The van der Waals surface area contributed by atoms with Crippen LogP contribution in [0, 0.1) is 6.92 Å². The smallest absolute Gasteiger partial charge is 0.341 e. The van der Waals surface area contributed by atoms with Gasteiger partial charge in [-0.15, -0.1) is 11.3 Å². The molecule has 3 heterocycles. The normalized spacial score (nSPS) is 14.1. The first kappa shape index (κ1) is 19.6. The Balaban J connectivity index is 1.92. The molecule has 0 radical (unpaired) electrons. The van der Waals surface area contributed by atoms with Gasteiger partial charge in [-0.25, -0.2) is 4.79 Å². The topological polar surface area (TPSA) is 76.5 Å². The van der Waals surface area contributed by atoms with Crippen LogP contribution in [0.2, 0.25) is 0 Å². The second-order valence-electron chi connectivity index (χ2n) is 6.49. The molecule has 0 bridgehead atoms. The quantitative estimate of drug-likeness (QED) is 0.767. The molecular formula is C19H26N4O3S. The lowest BCUT2D eigenvalue weighted by atomic mass is 10.0. The number of hydrogen-bond donors (Lipinski definition) is 1. The molecule has 146 valence electrons. The second kappa shape index (κ2) is 8.22. The van der Waals surface area contributed by atoms with Gasteiger partial charge in [-0.1, -0.05) is 6.92 Å². The summed E-state index contributed by atoms with van der Waals surface area (Å²) >= 11 is 1.47. The van der Waals surface area contributed by atoms with Crippen LogP contribution >= 0.6 is 11.3 Å². The van der Waals surface area contributed by atoms with E-state index < -0.39 is 0 Å². The third kappa shape index (κ3) is 3.91. The van der Waals surface area contributed by atoms with E-state index in [2.05, 4.69) is 22.2 Å². The number of aromatic nitrogens is 2. The SMILES string of the molecule is CCOC(=O)c1c(NC(=O)c2cc(C)n(CC)n2)sc2c1CCN(CC)C2. The van der Waals surface area contributed by atoms with Crippen molar-refractivity contribution < 1.29 is 14.3 Å². The molecule has 0 fully saturated rings. The number of carbonyl (C=O) groups excluding carboxylic acids is 2. The highest BCUT2D eigenvalue weighted by atomic mass is 32.1. The predicted molar refractivity (Wildman–Crippen MR) is 106 cm³/mol. The number of nitrogens with one attached hydrogen (secondary N) is 1. The molecule has 0 saturated heterocycles. The highest BCUT2D eigenvalue weighted by Crippen LogP contribution is 2.37. The van der Waals surface area contributed by atoms with Gasteiger partial charge in [0.15, 0.2) is 5.69 Å². The maximum absolute atomic E-state index is 12.7. The Kier molecular flexibility index (Phi) is 5.96. The Hall–Kier alpha value is -2.19. The van der Waals surface area contributed by atoms with Crippen molar-refractivity contribution in [2.75, 3.05) is 25.0 Å². The molecule has 7 nitrogen and oxygen atoms in total. The van der Waals surface area contributed by atoms with Crippen molar-refractivity contribution in [1.29, 1.82) is 0 Å². The predicted octanol–water partition coefficient (Wildman–Crippen LogP) is 3.08. The van der Waals surface area contributed by atoms with Crippen LogP contribution in [0.15, 0.2) is 6.07 Å². The number of ether oxygens (including phenoxy) is 1. The minimum atomic E-state index is -0.370. The summed E-state index contributed by atoms with van der Waals surface area (Å²) in [6, 6.07) is 1.76. The van der Waals surface area contributed by atoms with Gasteiger partial charge in [-0.05, 0) is 45.4 Å². The highest BCUT2D eigenvalue weighted by molar-refractivity contribution is 7.17. The lowest BCUT2D eigenvalue weighted by Crippen LogP contribution is -2.30. The number of amides is 1. The van der Waals surface area contributed by atoms with Crippen LogP contribution in [0.1, 0.15) is 57.8 Å². The van der Waals surface area contributed by atoms with Crippen LogP contribution in [0.25, 0.3) is 0 Å². The molecule has 27 heavy (non-hydrogen) atoms. The summed E-state index contributed by atoms with van der Waals surface area (Å²) in [7, 11) is 0. The molecule has 8 heteroatoms. The molecule has 0 saturated carbocycles. The van der Waals surface area contributed by atoms with Gasteiger partial charge < -0.3 is 10.1 Å². The molecule has 0 atom stereocenters. The number of nitrogens with zero attached hydrogens (tertiary/aromatic N) is 3. The molecule has 1 amide bonds. The van der Waals surface area contributed by atoms with E-state index in [0.29, 0.717) is 29.4 Å². The first-order valence-corrected chi connectivity index (χ1v) is 10.2. The van der Waals surface area contributed by atoms with E-state index in [-0.39, 0.29) is 11.9 Å². The molecule has 0 spiro atoms. The van der Waals surface area contributed by atoms with Crippen molar-refractivity contribution in [3.8, 4) is 0 Å². The average Bonchev–Trinajstić information content (AvgIpc) is 3.20. The standard InChI is InChI=1S/C19H26N4O3S/c1-5-22-9-8-13-15(11-22)27-18(16(13)19(25)26-7-3)20-17(24)14-10-12(4)23(6-2)21-14/h10H,5-9,11H2,1-4H3,(H,20,24). The van der Waals surface area contributed by atoms with Crippen molar-refractivity contribution in [3.63, 3.8) is 0 Å². The lowest BCUT2D eigenvalue weighted by molar-refractivity contribution is 0.0526. The first-order chi connectivity index (χ1) is 13.0. The van der Waals surface area contributed by atoms with E-state index in [9.17, 15) is 9.59 Å². The van der Waals surface area contributed by atoms with Crippen LogP contribution in [0.4, 0.5) is 5.00 Å². The number of carbonyl (C=O) groups is 2. The highest BCUT2D eigenvalue weighted by Gasteiger charge is 2.29. The van der Waals surface area contributed by atoms with Gasteiger partial charge in [0.05, 0.1) is 12.2 Å². The van der Waals surface area contributed by atoms with E-state index in [1.54, 1.807) is 17.7 Å². The number of thiophene rings is 1. The van der Waals surface area contributed by atoms with Crippen molar-refractivity contribution in [3.05, 3.63) is 33.5 Å². The fourth-order valence-electron chi connectivity index (χ4n) is 3.34. The van der Waals surface area contributed by atoms with Gasteiger partial charge in [0, 0.05) is 30.2 Å². The number of fused-ring (bicyclic) bond motifs is 1. The van der Waals surface area contributed by atoms with E-state index in [1.807, 2.05) is 13.8 Å². The summed E-state index contributed by atoms with van der Waals surface area (Å²) < 4.78 is 7.03. The summed E-state index contributed by atoms with van der Waals surface area (Å²) in [4.78, 5) is 28.7. The number of likely N-dealkylation sites (N-methyl/N-ethyl adjacent to an activating group) is 1. The van der Waals surface area contributed by atoms with Crippen molar-refractivity contribution in [2.24, 2.45) is 0 Å². The third-order valence-electron chi connectivity index (χ3n) is 4.80. The fourth-order valence-corrected chi connectivity index (χ4v) is 4.62. The lowest BCUT2D eigenvalue weighted by Gasteiger charge is -2.25. The summed E-state index contributed by atoms with van der Waals surface area (Å²) in [6.45, 7) is 11.5. The van der Waals surface area contributed by atoms with E-state index in [4.69, 9.17) is 4.74 Å². The van der Waals surface area contributed by atoms with Gasteiger partial charge in [-0.3, -0.25) is 14.4 Å². The summed E-state index contributed by atoms with van der Waals surface area (Å²) in [5.41, 5.74) is 2.80. The van der Waals surface area contributed by atoms with E-state index in [0.717, 1.165) is 42.2 Å². The van der Waals surface area contributed by atoms with Crippen LogP contribution < -0.4 is 5.32 Å². The summed E-state index contributed by atoms with van der Waals surface area (Å²) in [6.07, 6.45) is 0.785. The van der Waals surface area contributed by atoms with Crippen LogP contribution in [0.5, 0.6) is 0 Å². The van der Waals surface area contributed by atoms with Gasteiger partial charge >= 0.3 is 5.97 Å². The molecule has 2 aromatic heterocycles. The van der Waals surface area contributed by atoms with Crippen molar-refractivity contribution in [2.45, 2.75) is 47.2 Å². The van der Waals surface area contributed by atoms with Crippen LogP contribution in [0.3, 0.4) is 0 Å². The maximum Gasteiger partial charge on any atom is 0.341 e. The molecule has 0 aliphatic carbocycles. The van der Waals surface area contributed by atoms with Crippen molar-refractivity contribution >= 4 is 28.2 Å². The molecular weight excluding hydrogens is 364 g/mol. The largest absolute Gasteiger partial charge is 0.462 e. The molecule has 1 aliphatic heterocycles. The Morgan fingerprint density at radius 1 is 1.30 bits per heavy atom. The third-order valence-corrected chi connectivity index (χ3v) is 5.94. The number of hydrogen-bond acceptors (Lipinski definition) is 6. The minimum absolute atomic E-state index is 0.304. The Morgan fingerprint density at radius 3 is 2.70 bits per heavy atom. The number of aryl methyl sites for hydroxylation is 2. The van der Waals surface area contributed by atoms with Gasteiger partial charge in [0.1, 0.15) is 5.00 Å². The zero-order valence-corrected chi connectivity index (χ0v) is 17.1. The zero-order chi connectivity index (χ0) is 19.6. The van der Waals surface area contributed by atoms with Gasteiger partial charge in [0.2, 0.25) is 0 Å². The fraction of sp³-hybridized carbons (Fsp3) is 0.526. The Bertz CT molecular complexity index is 856. The Labute approximate surface area is 163 Å². The van der Waals surface area contributed by atoms with E-state index in [1.165, 1.54) is 11.3 Å². The average molecular weight is 391 g/mol. The molecule has 2 aromatic rings.